The second-order valence-corrected chi connectivity index (χ2v) is 3.55. The Morgan fingerprint density at radius 1 is 1.44 bits per heavy atom. The average molecular weight is 218 g/mol. The number of nitrogens with zero attached hydrogens (tertiary/aromatic N) is 5. The summed E-state index contributed by atoms with van der Waals surface area (Å²) in [6, 6.07) is -0.0457. The Morgan fingerprint density at radius 3 is 3.00 bits per heavy atom. The van der Waals surface area contributed by atoms with Crippen LogP contribution in [-0.4, -0.2) is 25.0 Å². The summed E-state index contributed by atoms with van der Waals surface area (Å²) in [6.45, 7) is 2.59. The van der Waals surface area contributed by atoms with E-state index in [1.807, 2.05) is 13.1 Å². The van der Waals surface area contributed by atoms with Crippen molar-refractivity contribution in [2.45, 2.75) is 25.9 Å². The quantitative estimate of drug-likeness (QED) is 0.809. The van der Waals surface area contributed by atoms with Gasteiger partial charge in [-0.1, -0.05) is 12.1 Å². The van der Waals surface area contributed by atoms with Crippen LogP contribution in [0, 0.1) is 0 Å². The van der Waals surface area contributed by atoms with Crippen LogP contribution in [-0.2, 0) is 6.54 Å². The third-order valence-corrected chi connectivity index (χ3v) is 2.32. The topological polar surface area (TPSA) is 82.5 Å². The van der Waals surface area contributed by atoms with Crippen LogP contribution >= 0.6 is 0 Å². The van der Waals surface area contributed by atoms with Gasteiger partial charge in [0.2, 0.25) is 0 Å². The molecule has 0 saturated heterocycles. The highest BCUT2D eigenvalue weighted by Crippen LogP contribution is 2.09. The fourth-order valence-corrected chi connectivity index (χ4v) is 1.35. The van der Waals surface area contributed by atoms with E-state index in [0.717, 1.165) is 17.8 Å². The number of hydrogen-bond acceptors (Lipinski definition) is 5. The number of hydrogen-bond donors (Lipinski definition) is 1. The van der Waals surface area contributed by atoms with Crippen molar-refractivity contribution in [3.63, 3.8) is 0 Å². The summed E-state index contributed by atoms with van der Waals surface area (Å²) in [4.78, 5) is 8.16. The van der Waals surface area contributed by atoms with Crippen LogP contribution < -0.4 is 5.73 Å². The Balaban J connectivity index is 2.09. The maximum Gasteiger partial charge on any atom is 0.0994 e. The molecule has 0 saturated carbocycles. The molecule has 6 heteroatoms. The van der Waals surface area contributed by atoms with E-state index >= 15 is 0 Å². The van der Waals surface area contributed by atoms with E-state index in [4.69, 9.17) is 5.73 Å². The molecule has 0 aromatic carbocycles. The van der Waals surface area contributed by atoms with Gasteiger partial charge in [0.05, 0.1) is 36.4 Å². The SMILES string of the molecule is CCC(N)c1cn(Cc2cnccn2)nn1. The van der Waals surface area contributed by atoms with Crippen molar-refractivity contribution < 1.29 is 0 Å². The summed E-state index contributed by atoms with van der Waals surface area (Å²) < 4.78 is 1.72. The molecule has 0 aliphatic carbocycles. The minimum atomic E-state index is -0.0457. The van der Waals surface area contributed by atoms with Gasteiger partial charge in [0.1, 0.15) is 0 Å². The lowest BCUT2D eigenvalue weighted by Crippen LogP contribution is -2.08. The zero-order chi connectivity index (χ0) is 11.4. The highest BCUT2D eigenvalue weighted by molar-refractivity contribution is 5.01. The number of aromatic nitrogens is 5. The van der Waals surface area contributed by atoms with E-state index in [-0.39, 0.29) is 6.04 Å². The zero-order valence-corrected chi connectivity index (χ0v) is 9.11. The summed E-state index contributed by atoms with van der Waals surface area (Å²) in [5.41, 5.74) is 7.52. The second-order valence-electron chi connectivity index (χ2n) is 3.55. The molecule has 1 unspecified atom stereocenters. The fraction of sp³-hybridized carbons (Fsp3) is 0.400. The molecule has 16 heavy (non-hydrogen) atoms. The first-order chi connectivity index (χ1) is 7.79. The van der Waals surface area contributed by atoms with Crippen LogP contribution in [0.25, 0.3) is 0 Å². The molecule has 0 bridgehead atoms. The van der Waals surface area contributed by atoms with Gasteiger partial charge in [-0.2, -0.15) is 0 Å². The van der Waals surface area contributed by atoms with Crippen LogP contribution in [0.5, 0.6) is 0 Å². The van der Waals surface area contributed by atoms with Crippen LogP contribution in [0.3, 0.4) is 0 Å². The highest BCUT2D eigenvalue weighted by atomic mass is 15.4. The molecule has 0 amide bonds. The zero-order valence-electron chi connectivity index (χ0n) is 9.11. The average Bonchev–Trinajstić information content (AvgIpc) is 2.78. The molecule has 2 N–H and O–H groups in total. The molecule has 0 aliphatic rings. The minimum Gasteiger partial charge on any atom is -0.323 e. The first kappa shape index (κ1) is 10.7. The molecule has 2 heterocycles. The van der Waals surface area contributed by atoms with Crippen molar-refractivity contribution in [2.24, 2.45) is 5.73 Å². The summed E-state index contributed by atoms with van der Waals surface area (Å²) in [7, 11) is 0. The normalized spacial score (nSPS) is 12.6. The van der Waals surface area contributed by atoms with Crippen LogP contribution in [0.2, 0.25) is 0 Å². The monoisotopic (exact) mass is 218 g/mol. The van der Waals surface area contributed by atoms with E-state index in [1.54, 1.807) is 23.3 Å². The largest absolute Gasteiger partial charge is 0.323 e. The van der Waals surface area contributed by atoms with Crippen molar-refractivity contribution in [3.05, 3.63) is 36.2 Å². The van der Waals surface area contributed by atoms with Crippen molar-refractivity contribution in [1.29, 1.82) is 0 Å². The van der Waals surface area contributed by atoms with Gasteiger partial charge in [0.25, 0.3) is 0 Å². The Bertz CT molecular complexity index is 438. The van der Waals surface area contributed by atoms with Gasteiger partial charge in [0.15, 0.2) is 0 Å². The van der Waals surface area contributed by atoms with Crippen molar-refractivity contribution in [2.75, 3.05) is 0 Å². The van der Waals surface area contributed by atoms with Gasteiger partial charge in [-0.15, -0.1) is 5.10 Å². The number of nitrogens with two attached hydrogens (primary N) is 1. The van der Waals surface area contributed by atoms with E-state index < -0.39 is 0 Å². The first-order valence-corrected chi connectivity index (χ1v) is 5.20. The van der Waals surface area contributed by atoms with Crippen LogP contribution in [0.15, 0.2) is 24.8 Å². The van der Waals surface area contributed by atoms with Gasteiger partial charge in [-0.25, -0.2) is 4.68 Å². The van der Waals surface area contributed by atoms with Gasteiger partial charge < -0.3 is 5.73 Å². The Hall–Kier alpha value is -1.82. The van der Waals surface area contributed by atoms with E-state index in [2.05, 4.69) is 20.3 Å². The Morgan fingerprint density at radius 2 is 2.31 bits per heavy atom. The van der Waals surface area contributed by atoms with E-state index in [1.165, 1.54) is 0 Å². The summed E-state index contributed by atoms with van der Waals surface area (Å²) >= 11 is 0. The van der Waals surface area contributed by atoms with Gasteiger partial charge >= 0.3 is 0 Å². The van der Waals surface area contributed by atoms with Crippen molar-refractivity contribution in [1.82, 2.24) is 25.0 Å². The summed E-state index contributed by atoms with van der Waals surface area (Å²) in [5.74, 6) is 0. The highest BCUT2D eigenvalue weighted by Gasteiger charge is 2.08. The maximum absolute atomic E-state index is 5.86. The fourth-order valence-electron chi connectivity index (χ4n) is 1.35. The lowest BCUT2D eigenvalue weighted by Gasteiger charge is -2.01. The molecule has 0 radical (unpaired) electrons. The van der Waals surface area contributed by atoms with E-state index in [0.29, 0.717) is 6.54 Å². The standard InChI is InChI=1S/C10H14N6/c1-2-9(11)10-7-16(15-14-10)6-8-5-12-3-4-13-8/h3-5,7,9H,2,6,11H2,1H3. The molecule has 0 aliphatic heterocycles. The summed E-state index contributed by atoms with van der Waals surface area (Å²) in [6.07, 6.45) is 7.71. The molecule has 2 aromatic heterocycles. The van der Waals surface area contributed by atoms with Gasteiger partial charge in [-0.3, -0.25) is 9.97 Å². The molecule has 2 aromatic rings. The molecule has 0 spiro atoms. The Kier molecular flexibility index (Phi) is 3.21. The predicted molar refractivity (Wildman–Crippen MR) is 58.4 cm³/mol. The summed E-state index contributed by atoms with van der Waals surface area (Å²) in [5, 5.41) is 8.02. The third-order valence-electron chi connectivity index (χ3n) is 2.32. The molecule has 0 fully saturated rings. The van der Waals surface area contributed by atoms with Gasteiger partial charge in [0, 0.05) is 12.4 Å². The first-order valence-electron chi connectivity index (χ1n) is 5.20. The lowest BCUT2D eigenvalue weighted by molar-refractivity contribution is 0.633. The Labute approximate surface area is 93.5 Å². The lowest BCUT2D eigenvalue weighted by atomic mass is 10.2. The van der Waals surface area contributed by atoms with Gasteiger partial charge in [-0.05, 0) is 6.42 Å². The number of rotatable bonds is 4. The molecule has 2 rings (SSSR count). The molecule has 1 atom stereocenters. The molecular weight excluding hydrogens is 204 g/mol. The van der Waals surface area contributed by atoms with Crippen molar-refractivity contribution >= 4 is 0 Å². The predicted octanol–water partition coefficient (Wildman–Crippen LogP) is 0.526. The second kappa shape index (κ2) is 4.80. The van der Waals surface area contributed by atoms with Crippen LogP contribution in [0.4, 0.5) is 0 Å². The maximum atomic E-state index is 5.86. The smallest absolute Gasteiger partial charge is 0.0994 e. The minimum absolute atomic E-state index is 0.0457. The molecule has 84 valence electrons. The van der Waals surface area contributed by atoms with Crippen molar-refractivity contribution in [3.8, 4) is 0 Å². The molecular formula is C10H14N6. The van der Waals surface area contributed by atoms with Crippen LogP contribution in [0.1, 0.15) is 30.8 Å². The third kappa shape index (κ3) is 2.40. The molecule has 6 nitrogen and oxygen atoms in total. The van der Waals surface area contributed by atoms with E-state index in [9.17, 15) is 0 Å².